The van der Waals surface area contributed by atoms with E-state index in [9.17, 15) is 8.42 Å². The third kappa shape index (κ3) is 3.46. The molecule has 0 aliphatic carbocycles. The van der Waals surface area contributed by atoms with Gasteiger partial charge in [-0.1, -0.05) is 6.07 Å². The molecule has 0 saturated heterocycles. The summed E-state index contributed by atoms with van der Waals surface area (Å²) >= 11 is 3.40. The summed E-state index contributed by atoms with van der Waals surface area (Å²) in [6.07, 6.45) is 1.25. The van der Waals surface area contributed by atoms with Crippen LogP contribution in [0.4, 0.5) is 0 Å². The van der Waals surface area contributed by atoms with Crippen LogP contribution >= 0.6 is 15.9 Å². The van der Waals surface area contributed by atoms with Crippen LogP contribution in [0.2, 0.25) is 0 Å². The zero-order valence-electron chi connectivity index (χ0n) is 10.9. The van der Waals surface area contributed by atoms with Crippen molar-refractivity contribution in [1.29, 1.82) is 0 Å². The van der Waals surface area contributed by atoms with Gasteiger partial charge < -0.3 is 10.1 Å². The number of nitrogens with one attached hydrogen (secondary N) is 1. The Labute approximate surface area is 117 Å². The number of benzene rings is 1. The molecular formula is C12H18BrNO3S. The van der Waals surface area contributed by atoms with Crippen LogP contribution in [-0.2, 0) is 9.84 Å². The summed E-state index contributed by atoms with van der Waals surface area (Å²) in [6.45, 7) is 1.70. The minimum atomic E-state index is -3.10. The van der Waals surface area contributed by atoms with Gasteiger partial charge in [-0.25, -0.2) is 8.42 Å². The van der Waals surface area contributed by atoms with Crippen LogP contribution in [-0.4, -0.2) is 34.1 Å². The molecule has 0 aromatic heterocycles. The second kappa shape index (κ2) is 6.04. The average molecular weight is 336 g/mol. The lowest BCUT2D eigenvalue weighted by molar-refractivity contribution is 0.411. The number of sulfone groups is 1. The van der Waals surface area contributed by atoms with Crippen LogP contribution in [0.3, 0.4) is 0 Å². The summed E-state index contributed by atoms with van der Waals surface area (Å²) in [5.41, 5.74) is 0.906. The first-order valence-corrected chi connectivity index (χ1v) is 8.25. The Kier molecular flexibility index (Phi) is 5.19. The van der Waals surface area contributed by atoms with Gasteiger partial charge in [0.2, 0.25) is 0 Å². The monoisotopic (exact) mass is 335 g/mol. The fourth-order valence-corrected chi connectivity index (χ4v) is 3.14. The molecule has 0 aliphatic heterocycles. The average Bonchev–Trinajstić information content (AvgIpc) is 2.29. The standard InChI is InChI=1S/C12H18BrNO3S/c1-8(18(4,15)16)12(14-2)9-5-6-11(17-3)10(13)7-9/h5-8,12,14H,1-4H3. The molecule has 2 atom stereocenters. The SMILES string of the molecule is CNC(c1ccc(OC)c(Br)c1)C(C)S(C)(=O)=O. The maximum atomic E-state index is 11.6. The molecule has 0 bridgehead atoms. The van der Waals surface area contributed by atoms with Gasteiger partial charge in [-0.2, -0.15) is 0 Å². The van der Waals surface area contributed by atoms with Gasteiger partial charge in [0.25, 0.3) is 0 Å². The highest BCUT2D eigenvalue weighted by Gasteiger charge is 2.26. The molecular weight excluding hydrogens is 318 g/mol. The first-order valence-electron chi connectivity index (χ1n) is 5.50. The molecule has 6 heteroatoms. The summed E-state index contributed by atoms with van der Waals surface area (Å²) in [5, 5.41) is 2.55. The molecule has 0 spiro atoms. The highest BCUT2D eigenvalue weighted by Crippen LogP contribution is 2.30. The van der Waals surface area contributed by atoms with Crippen LogP contribution in [0.5, 0.6) is 5.75 Å². The van der Waals surface area contributed by atoms with Gasteiger partial charge in [0.15, 0.2) is 9.84 Å². The molecule has 1 aromatic rings. The highest BCUT2D eigenvalue weighted by molar-refractivity contribution is 9.10. The van der Waals surface area contributed by atoms with E-state index < -0.39 is 15.1 Å². The highest BCUT2D eigenvalue weighted by atomic mass is 79.9. The third-order valence-electron chi connectivity index (χ3n) is 2.99. The minimum absolute atomic E-state index is 0.248. The maximum absolute atomic E-state index is 11.6. The van der Waals surface area contributed by atoms with E-state index in [1.807, 2.05) is 18.2 Å². The molecule has 18 heavy (non-hydrogen) atoms. The van der Waals surface area contributed by atoms with E-state index in [1.165, 1.54) is 6.26 Å². The molecule has 102 valence electrons. The lowest BCUT2D eigenvalue weighted by atomic mass is 10.0. The smallest absolute Gasteiger partial charge is 0.151 e. The van der Waals surface area contributed by atoms with Crippen LogP contribution in [0.15, 0.2) is 22.7 Å². The van der Waals surface area contributed by atoms with Crippen LogP contribution in [0.25, 0.3) is 0 Å². The Balaban J connectivity index is 3.14. The Morgan fingerprint density at radius 1 is 1.39 bits per heavy atom. The summed E-state index contributed by atoms with van der Waals surface area (Å²) in [4.78, 5) is 0. The largest absolute Gasteiger partial charge is 0.496 e. The summed E-state index contributed by atoms with van der Waals surface area (Å²) in [5.74, 6) is 0.723. The molecule has 1 N–H and O–H groups in total. The van der Waals surface area contributed by atoms with Gasteiger partial charge in [0.05, 0.1) is 16.8 Å². The Bertz CT molecular complexity index is 516. The van der Waals surface area contributed by atoms with Gasteiger partial charge >= 0.3 is 0 Å². The van der Waals surface area contributed by atoms with Crippen molar-refractivity contribution >= 4 is 25.8 Å². The van der Waals surface area contributed by atoms with Crippen LogP contribution < -0.4 is 10.1 Å². The molecule has 4 nitrogen and oxygen atoms in total. The molecule has 0 saturated carbocycles. The number of hydrogen-bond acceptors (Lipinski definition) is 4. The Morgan fingerprint density at radius 3 is 2.39 bits per heavy atom. The van der Waals surface area contributed by atoms with E-state index >= 15 is 0 Å². The quantitative estimate of drug-likeness (QED) is 0.895. The fraction of sp³-hybridized carbons (Fsp3) is 0.500. The molecule has 0 radical (unpaired) electrons. The van der Waals surface area contributed by atoms with Crippen molar-refractivity contribution in [2.45, 2.75) is 18.2 Å². The number of halogens is 1. The molecule has 0 amide bonds. The Hall–Kier alpha value is -0.590. The van der Waals surface area contributed by atoms with E-state index in [-0.39, 0.29) is 6.04 Å². The molecule has 0 heterocycles. The van der Waals surface area contributed by atoms with Gasteiger partial charge in [-0.05, 0) is 47.6 Å². The van der Waals surface area contributed by atoms with Crippen LogP contribution in [0, 0.1) is 0 Å². The zero-order valence-corrected chi connectivity index (χ0v) is 13.3. The van der Waals surface area contributed by atoms with Crippen molar-refractivity contribution < 1.29 is 13.2 Å². The fourth-order valence-electron chi connectivity index (χ4n) is 1.80. The van der Waals surface area contributed by atoms with Gasteiger partial charge in [0, 0.05) is 12.3 Å². The zero-order chi connectivity index (χ0) is 13.9. The van der Waals surface area contributed by atoms with E-state index in [2.05, 4.69) is 21.2 Å². The lowest BCUT2D eigenvalue weighted by Crippen LogP contribution is -2.32. The molecule has 1 rings (SSSR count). The van der Waals surface area contributed by atoms with E-state index in [1.54, 1.807) is 21.1 Å². The van der Waals surface area contributed by atoms with E-state index in [4.69, 9.17) is 4.74 Å². The topological polar surface area (TPSA) is 55.4 Å². The Morgan fingerprint density at radius 2 is 2.00 bits per heavy atom. The first kappa shape index (κ1) is 15.5. The third-order valence-corrected chi connectivity index (χ3v) is 5.23. The predicted octanol–water partition coefficient (Wildman–Crippen LogP) is 2.15. The molecule has 0 aliphatic rings. The second-order valence-electron chi connectivity index (χ2n) is 4.19. The number of rotatable bonds is 5. The molecule has 2 unspecified atom stereocenters. The predicted molar refractivity (Wildman–Crippen MR) is 76.8 cm³/mol. The van der Waals surface area contributed by atoms with Gasteiger partial charge in [-0.15, -0.1) is 0 Å². The lowest BCUT2D eigenvalue weighted by Gasteiger charge is -2.23. The number of methoxy groups -OCH3 is 1. The number of ether oxygens (including phenoxy) is 1. The summed E-state index contributed by atoms with van der Waals surface area (Å²) in [7, 11) is 0.246. The summed E-state index contributed by atoms with van der Waals surface area (Å²) < 4.78 is 29.2. The molecule has 1 aromatic carbocycles. The minimum Gasteiger partial charge on any atom is -0.496 e. The summed E-state index contributed by atoms with van der Waals surface area (Å²) in [6, 6.07) is 5.31. The maximum Gasteiger partial charge on any atom is 0.151 e. The van der Waals surface area contributed by atoms with E-state index in [0.29, 0.717) is 0 Å². The molecule has 0 fully saturated rings. The van der Waals surface area contributed by atoms with Gasteiger partial charge in [0.1, 0.15) is 5.75 Å². The van der Waals surface area contributed by atoms with Crippen molar-refractivity contribution in [3.05, 3.63) is 28.2 Å². The normalized spacial score (nSPS) is 15.2. The van der Waals surface area contributed by atoms with Gasteiger partial charge in [-0.3, -0.25) is 0 Å². The second-order valence-corrected chi connectivity index (χ2v) is 7.45. The van der Waals surface area contributed by atoms with Crippen molar-refractivity contribution in [1.82, 2.24) is 5.32 Å². The van der Waals surface area contributed by atoms with Crippen LogP contribution in [0.1, 0.15) is 18.5 Å². The van der Waals surface area contributed by atoms with E-state index in [0.717, 1.165) is 15.8 Å². The van der Waals surface area contributed by atoms with Crippen molar-refractivity contribution in [3.8, 4) is 5.75 Å². The first-order chi connectivity index (χ1) is 8.31. The van der Waals surface area contributed by atoms with Crippen molar-refractivity contribution in [2.24, 2.45) is 0 Å². The number of hydrogen-bond donors (Lipinski definition) is 1. The van der Waals surface area contributed by atoms with Crippen molar-refractivity contribution in [2.75, 3.05) is 20.4 Å². The van der Waals surface area contributed by atoms with Crippen molar-refractivity contribution in [3.63, 3.8) is 0 Å².